The van der Waals surface area contributed by atoms with Crippen molar-refractivity contribution in [1.82, 2.24) is 5.32 Å². The van der Waals surface area contributed by atoms with Gasteiger partial charge in [0.05, 0.1) is 7.11 Å². The van der Waals surface area contributed by atoms with Crippen molar-refractivity contribution in [3.8, 4) is 5.75 Å². The van der Waals surface area contributed by atoms with Gasteiger partial charge in [-0.25, -0.2) is 4.39 Å². The van der Waals surface area contributed by atoms with E-state index in [-0.39, 0.29) is 11.9 Å². The zero-order valence-electron chi connectivity index (χ0n) is 12.2. The lowest BCUT2D eigenvalue weighted by atomic mass is 9.96. The monoisotopic (exact) mass is 265 g/mol. The van der Waals surface area contributed by atoms with Crippen molar-refractivity contribution in [2.75, 3.05) is 7.11 Å². The van der Waals surface area contributed by atoms with Gasteiger partial charge in [0.2, 0.25) is 0 Å². The van der Waals surface area contributed by atoms with Gasteiger partial charge >= 0.3 is 0 Å². The summed E-state index contributed by atoms with van der Waals surface area (Å²) in [6, 6.07) is 5.43. The number of hydrogen-bond donors (Lipinski definition) is 1. The summed E-state index contributed by atoms with van der Waals surface area (Å²) in [5.41, 5.74) is 0.636. The van der Waals surface area contributed by atoms with Crippen LogP contribution in [0.25, 0.3) is 0 Å². The van der Waals surface area contributed by atoms with E-state index in [9.17, 15) is 4.39 Å². The van der Waals surface area contributed by atoms with E-state index in [1.165, 1.54) is 18.9 Å². The van der Waals surface area contributed by atoms with Crippen LogP contribution >= 0.6 is 0 Å². The van der Waals surface area contributed by atoms with E-state index in [0.717, 1.165) is 5.92 Å². The van der Waals surface area contributed by atoms with Crippen LogP contribution in [0.3, 0.4) is 0 Å². The van der Waals surface area contributed by atoms with E-state index >= 15 is 0 Å². The third-order valence-electron chi connectivity index (χ3n) is 4.60. The number of nitrogens with one attached hydrogen (secondary N) is 1. The van der Waals surface area contributed by atoms with E-state index in [1.54, 1.807) is 13.2 Å². The molecular weight excluding hydrogens is 241 g/mol. The van der Waals surface area contributed by atoms with Crippen molar-refractivity contribution >= 4 is 0 Å². The smallest absolute Gasteiger partial charge is 0.131 e. The van der Waals surface area contributed by atoms with E-state index in [1.807, 2.05) is 13.0 Å². The predicted octanol–water partition coefficient (Wildman–Crippen LogP) is 3.92. The Hall–Kier alpha value is -1.09. The first kappa shape index (κ1) is 14.3. The summed E-state index contributed by atoms with van der Waals surface area (Å²) in [5.74, 6) is 1.81. The molecule has 106 valence electrons. The van der Waals surface area contributed by atoms with Crippen LogP contribution in [0.4, 0.5) is 4.39 Å². The lowest BCUT2D eigenvalue weighted by molar-refractivity contribution is 0.335. The fourth-order valence-electron chi connectivity index (χ4n) is 3.12. The fraction of sp³-hybridized carbons (Fsp3) is 0.625. The molecule has 1 fully saturated rings. The Labute approximate surface area is 115 Å². The van der Waals surface area contributed by atoms with Gasteiger partial charge in [0.1, 0.15) is 11.6 Å². The quantitative estimate of drug-likeness (QED) is 0.891. The van der Waals surface area contributed by atoms with Crippen molar-refractivity contribution < 1.29 is 9.13 Å². The fourth-order valence-corrected chi connectivity index (χ4v) is 3.12. The molecular formula is C16H24FNO. The normalized spacial score (nSPS) is 28.4. The molecule has 0 bridgehead atoms. The Balaban J connectivity index is 2.14. The molecule has 1 aliphatic rings. The highest BCUT2D eigenvalue weighted by atomic mass is 19.1. The number of methoxy groups -OCH3 is 1. The number of benzene rings is 1. The summed E-state index contributed by atoms with van der Waals surface area (Å²) in [5, 5.41) is 3.57. The zero-order valence-corrected chi connectivity index (χ0v) is 12.2. The van der Waals surface area contributed by atoms with E-state index < -0.39 is 0 Å². The van der Waals surface area contributed by atoms with Crippen molar-refractivity contribution in [3.05, 3.63) is 29.6 Å². The van der Waals surface area contributed by atoms with Crippen molar-refractivity contribution in [1.29, 1.82) is 0 Å². The van der Waals surface area contributed by atoms with Crippen LogP contribution in [0.15, 0.2) is 18.2 Å². The van der Waals surface area contributed by atoms with E-state index in [4.69, 9.17) is 4.74 Å². The molecule has 3 heteroatoms. The first-order valence-electron chi connectivity index (χ1n) is 7.13. The van der Waals surface area contributed by atoms with Crippen LogP contribution < -0.4 is 10.1 Å². The first-order valence-corrected chi connectivity index (χ1v) is 7.13. The van der Waals surface area contributed by atoms with Gasteiger partial charge in [-0.3, -0.25) is 0 Å². The molecule has 0 heterocycles. The highest BCUT2D eigenvalue weighted by Gasteiger charge is 2.31. The second-order valence-electron chi connectivity index (χ2n) is 5.76. The molecule has 1 saturated carbocycles. The maximum Gasteiger partial charge on any atom is 0.131 e. The summed E-state index contributed by atoms with van der Waals surface area (Å²) < 4.78 is 19.3. The van der Waals surface area contributed by atoms with Crippen LogP contribution in [0.2, 0.25) is 0 Å². The minimum Gasteiger partial charge on any atom is -0.496 e. The Morgan fingerprint density at radius 1 is 1.32 bits per heavy atom. The number of rotatable bonds is 4. The molecule has 0 aromatic heterocycles. The maximum absolute atomic E-state index is 14.0. The molecule has 1 aromatic carbocycles. The molecule has 19 heavy (non-hydrogen) atoms. The molecule has 0 saturated heterocycles. The molecule has 1 N–H and O–H groups in total. The topological polar surface area (TPSA) is 21.3 Å². The molecule has 1 aromatic rings. The highest BCUT2D eigenvalue weighted by Crippen LogP contribution is 2.34. The zero-order chi connectivity index (χ0) is 14.0. The van der Waals surface area contributed by atoms with Crippen LogP contribution in [-0.2, 0) is 0 Å². The molecule has 0 radical (unpaired) electrons. The number of halogens is 1. The molecule has 0 amide bonds. The van der Waals surface area contributed by atoms with Crippen molar-refractivity contribution in [2.24, 2.45) is 11.8 Å². The van der Waals surface area contributed by atoms with E-state index in [2.05, 4.69) is 19.2 Å². The molecule has 0 aliphatic heterocycles. The second-order valence-corrected chi connectivity index (χ2v) is 5.76. The standard InChI is InChI=1S/C16H24FNO/c1-10-8-9-14(11(10)2)18-12(3)16-13(17)6-5-7-15(16)19-4/h5-7,10-12,14,18H,8-9H2,1-4H3. The van der Waals surface area contributed by atoms with Crippen LogP contribution in [-0.4, -0.2) is 13.2 Å². The van der Waals surface area contributed by atoms with Gasteiger partial charge in [-0.2, -0.15) is 0 Å². The Morgan fingerprint density at radius 2 is 2.05 bits per heavy atom. The van der Waals surface area contributed by atoms with Gasteiger partial charge in [0.25, 0.3) is 0 Å². The summed E-state index contributed by atoms with van der Waals surface area (Å²) in [6.45, 7) is 6.58. The van der Waals surface area contributed by atoms with Crippen molar-refractivity contribution in [2.45, 2.75) is 45.7 Å². The molecule has 2 rings (SSSR count). The Morgan fingerprint density at radius 3 is 2.63 bits per heavy atom. The summed E-state index contributed by atoms with van der Waals surface area (Å²) in [4.78, 5) is 0. The van der Waals surface area contributed by atoms with E-state index in [0.29, 0.717) is 23.3 Å². The number of hydrogen-bond acceptors (Lipinski definition) is 2. The first-order chi connectivity index (χ1) is 9.04. The van der Waals surface area contributed by atoms with Gasteiger partial charge < -0.3 is 10.1 Å². The van der Waals surface area contributed by atoms with Crippen LogP contribution in [0.5, 0.6) is 5.75 Å². The third kappa shape index (κ3) is 2.92. The van der Waals surface area contributed by atoms with Gasteiger partial charge in [-0.05, 0) is 43.7 Å². The molecule has 1 aliphatic carbocycles. The summed E-state index contributed by atoms with van der Waals surface area (Å²) in [7, 11) is 1.59. The molecule has 4 unspecified atom stereocenters. The lowest BCUT2D eigenvalue weighted by Gasteiger charge is -2.25. The van der Waals surface area contributed by atoms with Gasteiger partial charge in [-0.15, -0.1) is 0 Å². The third-order valence-corrected chi connectivity index (χ3v) is 4.60. The van der Waals surface area contributed by atoms with Gasteiger partial charge in [-0.1, -0.05) is 19.9 Å². The largest absolute Gasteiger partial charge is 0.496 e. The maximum atomic E-state index is 14.0. The molecule has 4 atom stereocenters. The minimum absolute atomic E-state index is 0.0334. The average molecular weight is 265 g/mol. The Bertz CT molecular complexity index is 435. The minimum atomic E-state index is -0.196. The van der Waals surface area contributed by atoms with Crippen molar-refractivity contribution in [3.63, 3.8) is 0 Å². The SMILES string of the molecule is COc1cccc(F)c1C(C)NC1CCC(C)C1C. The van der Waals surface area contributed by atoms with Crippen LogP contribution in [0.1, 0.15) is 45.2 Å². The second kappa shape index (κ2) is 5.91. The van der Waals surface area contributed by atoms with Gasteiger partial charge in [0.15, 0.2) is 0 Å². The lowest BCUT2D eigenvalue weighted by Crippen LogP contribution is -2.35. The Kier molecular flexibility index (Phi) is 4.46. The molecule has 2 nitrogen and oxygen atoms in total. The predicted molar refractivity (Wildman–Crippen MR) is 75.9 cm³/mol. The molecule has 0 spiro atoms. The average Bonchev–Trinajstić information content (AvgIpc) is 2.70. The summed E-state index contributed by atoms with van der Waals surface area (Å²) in [6.07, 6.45) is 2.42. The highest BCUT2D eigenvalue weighted by molar-refractivity contribution is 5.37. The summed E-state index contributed by atoms with van der Waals surface area (Å²) >= 11 is 0. The van der Waals surface area contributed by atoms with Crippen LogP contribution in [0, 0.1) is 17.7 Å². The van der Waals surface area contributed by atoms with Gasteiger partial charge in [0, 0.05) is 17.6 Å². The number of ether oxygens (including phenoxy) is 1.